The number of guanidine groups is 1. The lowest BCUT2D eigenvalue weighted by Crippen LogP contribution is -2.53. The topological polar surface area (TPSA) is 67.4 Å². The zero-order valence-corrected chi connectivity index (χ0v) is 21.9. The summed E-state index contributed by atoms with van der Waals surface area (Å²) in [5.41, 5.74) is 1.18. The van der Waals surface area contributed by atoms with E-state index in [1.807, 2.05) is 19.2 Å². The first-order chi connectivity index (χ1) is 14.7. The highest BCUT2D eigenvalue weighted by atomic mass is 127. The lowest BCUT2D eigenvalue weighted by atomic mass is 9.92. The summed E-state index contributed by atoms with van der Waals surface area (Å²) in [4.78, 5) is 6.98. The molecule has 1 aliphatic rings. The first-order valence-electron chi connectivity index (χ1n) is 11.2. The fourth-order valence-electron chi connectivity index (χ4n) is 3.89. The molecule has 1 aromatic carbocycles. The Bertz CT molecular complexity index is 605. The van der Waals surface area contributed by atoms with Crippen molar-refractivity contribution in [1.82, 2.24) is 15.5 Å². The van der Waals surface area contributed by atoms with E-state index >= 15 is 0 Å². The van der Waals surface area contributed by atoms with Gasteiger partial charge in [0.25, 0.3) is 0 Å². The average Bonchev–Trinajstić information content (AvgIpc) is 2.80. The second-order valence-corrected chi connectivity index (χ2v) is 7.58. The van der Waals surface area contributed by atoms with Gasteiger partial charge >= 0.3 is 0 Å². The molecule has 2 N–H and O–H groups in total. The first kappa shape index (κ1) is 27.9. The summed E-state index contributed by atoms with van der Waals surface area (Å²) in [5.74, 6) is 2.36. The van der Waals surface area contributed by atoms with Gasteiger partial charge in [0.1, 0.15) is 12.4 Å². The van der Waals surface area contributed by atoms with Gasteiger partial charge in [-0.15, -0.1) is 24.0 Å². The van der Waals surface area contributed by atoms with Gasteiger partial charge in [-0.3, -0.25) is 9.89 Å². The standard InChI is InChI=1S/C23H40N4O3.HI/c1-5-20(6-2)22(27-11-13-29-14-12-27)18-26-23(24-3)25-17-19-7-9-21(10-8-19)30-16-15-28-4;/h7-10,20,22H,5-6,11-18H2,1-4H3,(H2,24,25,26);1H. The summed E-state index contributed by atoms with van der Waals surface area (Å²) < 4.78 is 16.2. The van der Waals surface area contributed by atoms with Crippen LogP contribution in [0.1, 0.15) is 32.3 Å². The van der Waals surface area contributed by atoms with Gasteiger partial charge in [0, 0.05) is 46.4 Å². The molecule has 0 bridgehead atoms. The number of hydrogen-bond acceptors (Lipinski definition) is 5. The molecule has 1 unspecified atom stereocenters. The van der Waals surface area contributed by atoms with Gasteiger partial charge in [0.05, 0.1) is 19.8 Å². The summed E-state index contributed by atoms with van der Waals surface area (Å²) in [7, 11) is 3.50. The number of halogens is 1. The minimum Gasteiger partial charge on any atom is -0.491 e. The van der Waals surface area contributed by atoms with Crippen molar-refractivity contribution in [2.24, 2.45) is 10.9 Å². The van der Waals surface area contributed by atoms with Crippen molar-refractivity contribution in [3.05, 3.63) is 29.8 Å². The molecular weight excluding hydrogens is 507 g/mol. The largest absolute Gasteiger partial charge is 0.491 e. The monoisotopic (exact) mass is 548 g/mol. The molecule has 0 spiro atoms. The quantitative estimate of drug-likeness (QED) is 0.181. The van der Waals surface area contributed by atoms with E-state index in [9.17, 15) is 0 Å². The normalized spacial score (nSPS) is 16.0. The third-order valence-electron chi connectivity index (χ3n) is 5.75. The summed E-state index contributed by atoms with van der Waals surface area (Å²) in [6.07, 6.45) is 2.37. The van der Waals surface area contributed by atoms with Gasteiger partial charge in [-0.05, 0) is 23.6 Å². The fourth-order valence-corrected chi connectivity index (χ4v) is 3.89. The Labute approximate surface area is 205 Å². The Morgan fingerprint density at radius 3 is 2.35 bits per heavy atom. The lowest BCUT2D eigenvalue weighted by molar-refractivity contribution is 0.00272. The van der Waals surface area contributed by atoms with E-state index in [0.717, 1.165) is 44.6 Å². The Morgan fingerprint density at radius 1 is 1.10 bits per heavy atom. The molecule has 8 heteroatoms. The molecular formula is C23H41IN4O3. The SMILES string of the molecule is CCC(CC)C(CNC(=NC)NCc1ccc(OCCOC)cc1)N1CCOCC1.I. The van der Waals surface area contributed by atoms with Gasteiger partial charge < -0.3 is 24.8 Å². The predicted octanol–water partition coefficient (Wildman–Crippen LogP) is 3.13. The summed E-state index contributed by atoms with van der Waals surface area (Å²) in [6, 6.07) is 8.62. The highest BCUT2D eigenvalue weighted by molar-refractivity contribution is 14.0. The van der Waals surface area contributed by atoms with E-state index in [0.29, 0.717) is 31.7 Å². The van der Waals surface area contributed by atoms with Gasteiger partial charge in [-0.2, -0.15) is 0 Å². The molecule has 7 nitrogen and oxygen atoms in total. The maximum Gasteiger partial charge on any atom is 0.191 e. The average molecular weight is 549 g/mol. The number of aliphatic imine (C=N–C) groups is 1. The molecule has 2 rings (SSSR count). The van der Waals surface area contributed by atoms with Gasteiger partial charge in [-0.1, -0.05) is 38.8 Å². The molecule has 1 atom stereocenters. The minimum atomic E-state index is 0. The van der Waals surface area contributed by atoms with Crippen molar-refractivity contribution in [3.63, 3.8) is 0 Å². The third-order valence-corrected chi connectivity index (χ3v) is 5.75. The Hall–Kier alpha value is -1.10. The maximum absolute atomic E-state index is 5.62. The van der Waals surface area contributed by atoms with Crippen LogP contribution in [0.25, 0.3) is 0 Å². The van der Waals surface area contributed by atoms with Crippen LogP contribution in [0.5, 0.6) is 5.75 Å². The number of methoxy groups -OCH3 is 1. The van der Waals surface area contributed by atoms with Crippen LogP contribution in [0, 0.1) is 5.92 Å². The lowest BCUT2D eigenvalue weighted by Gasteiger charge is -2.39. The van der Waals surface area contributed by atoms with Crippen LogP contribution in [0.2, 0.25) is 0 Å². The highest BCUT2D eigenvalue weighted by Crippen LogP contribution is 2.19. The molecule has 178 valence electrons. The van der Waals surface area contributed by atoms with Crippen molar-refractivity contribution in [2.75, 3.05) is 60.2 Å². The van der Waals surface area contributed by atoms with Crippen LogP contribution in [0.3, 0.4) is 0 Å². The van der Waals surface area contributed by atoms with Gasteiger partial charge in [0.15, 0.2) is 5.96 Å². The number of benzene rings is 1. The Kier molecular flexibility index (Phi) is 14.9. The van der Waals surface area contributed by atoms with Crippen LogP contribution in [0.15, 0.2) is 29.3 Å². The van der Waals surface area contributed by atoms with Gasteiger partial charge in [0.2, 0.25) is 0 Å². The fraction of sp³-hybridized carbons (Fsp3) is 0.696. The van der Waals surface area contributed by atoms with Crippen LogP contribution < -0.4 is 15.4 Å². The van der Waals surface area contributed by atoms with Crippen LogP contribution >= 0.6 is 24.0 Å². The second kappa shape index (κ2) is 16.5. The maximum atomic E-state index is 5.62. The summed E-state index contributed by atoms with van der Waals surface area (Å²) in [5, 5.41) is 6.98. The number of ether oxygens (including phenoxy) is 3. The molecule has 0 aliphatic carbocycles. The Morgan fingerprint density at radius 2 is 1.77 bits per heavy atom. The van der Waals surface area contributed by atoms with Crippen molar-refractivity contribution in [1.29, 1.82) is 0 Å². The van der Waals surface area contributed by atoms with Crippen molar-refractivity contribution < 1.29 is 14.2 Å². The zero-order valence-electron chi connectivity index (χ0n) is 19.6. The third kappa shape index (κ3) is 9.93. The molecule has 1 saturated heterocycles. The van der Waals surface area contributed by atoms with Gasteiger partial charge in [-0.25, -0.2) is 0 Å². The number of rotatable bonds is 12. The van der Waals surface area contributed by atoms with E-state index in [2.05, 4.69) is 46.5 Å². The van der Waals surface area contributed by atoms with E-state index in [1.165, 1.54) is 18.4 Å². The molecule has 1 aliphatic heterocycles. The number of morpholine rings is 1. The van der Waals surface area contributed by atoms with E-state index in [4.69, 9.17) is 14.2 Å². The van der Waals surface area contributed by atoms with Crippen molar-refractivity contribution in [2.45, 2.75) is 39.3 Å². The van der Waals surface area contributed by atoms with E-state index in [1.54, 1.807) is 7.11 Å². The molecule has 31 heavy (non-hydrogen) atoms. The van der Waals surface area contributed by atoms with Crippen LogP contribution in [0.4, 0.5) is 0 Å². The molecule has 0 radical (unpaired) electrons. The van der Waals surface area contributed by atoms with Crippen molar-refractivity contribution >= 4 is 29.9 Å². The van der Waals surface area contributed by atoms with Crippen LogP contribution in [-0.2, 0) is 16.0 Å². The minimum absolute atomic E-state index is 0. The molecule has 0 saturated carbocycles. The highest BCUT2D eigenvalue weighted by Gasteiger charge is 2.26. The molecule has 1 fully saturated rings. The van der Waals surface area contributed by atoms with Crippen LogP contribution in [-0.4, -0.2) is 77.1 Å². The molecule has 0 aromatic heterocycles. The summed E-state index contributed by atoms with van der Waals surface area (Å²) in [6.45, 7) is 11.0. The summed E-state index contributed by atoms with van der Waals surface area (Å²) >= 11 is 0. The zero-order chi connectivity index (χ0) is 21.6. The number of hydrogen-bond donors (Lipinski definition) is 2. The van der Waals surface area contributed by atoms with E-state index < -0.39 is 0 Å². The van der Waals surface area contributed by atoms with Crippen molar-refractivity contribution in [3.8, 4) is 5.75 Å². The Balaban J connectivity index is 0.00000480. The predicted molar refractivity (Wildman–Crippen MR) is 138 cm³/mol. The number of nitrogens with zero attached hydrogens (tertiary/aromatic N) is 2. The number of nitrogens with one attached hydrogen (secondary N) is 2. The molecule has 1 heterocycles. The molecule has 0 amide bonds. The smallest absolute Gasteiger partial charge is 0.191 e. The van der Waals surface area contributed by atoms with E-state index in [-0.39, 0.29) is 24.0 Å². The molecule has 1 aromatic rings. The second-order valence-electron chi connectivity index (χ2n) is 7.58. The first-order valence-corrected chi connectivity index (χ1v) is 11.2.